The minimum Gasteiger partial charge on any atom is -0.367 e. The maximum Gasteiger partial charge on any atom is 0.182 e. The Morgan fingerprint density at radius 3 is 2.62 bits per heavy atom. The monoisotopic (exact) mass is 195 g/mol. The molecule has 0 spiro atoms. The van der Waals surface area contributed by atoms with E-state index < -0.39 is 4.87 Å². The van der Waals surface area contributed by atoms with Crippen LogP contribution in [0, 0.1) is 11.3 Å². The van der Waals surface area contributed by atoms with Crippen molar-refractivity contribution in [2.24, 2.45) is 0 Å². The van der Waals surface area contributed by atoms with Gasteiger partial charge in [-0.2, -0.15) is 5.26 Å². The lowest BCUT2D eigenvalue weighted by Crippen LogP contribution is -2.36. The van der Waals surface area contributed by atoms with Crippen molar-refractivity contribution in [2.45, 2.75) is 4.87 Å². The number of rotatable bonds is 3. The summed E-state index contributed by atoms with van der Waals surface area (Å²) in [6.45, 7) is 0. The maximum absolute atomic E-state index is 9.19. The van der Waals surface area contributed by atoms with Gasteiger partial charge in [-0.25, -0.2) is 0 Å². The zero-order valence-electron chi connectivity index (χ0n) is 8.03. The van der Waals surface area contributed by atoms with Gasteiger partial charge in [0, 0.05) is 18.0 Å². The standard InChI is InChI=1S/C9H13N3S/c1-12(2)9(7-10,13-3)8-4-5-11-6-8/h4-6,11H,1-3H3. The molecule has 0 saturated carbocycles. The largest absolute Gasteiger partial charge is 0.367 e. The van der Waals surface area contributed by atoms with Gasteiger partial charge in [0.1, 0.15) is 6.07 Å². The predicted octanol–water partition coefficient (Wildman–Crippen LogP) is 1.62. The number of nitriles is 1. The number of aromatic nitrogens is 1. The summed E-state index contributed by atoms with van der Waals surface area (Å²) in [5.41, 5.74) is 0.993. The highest BCUT2D eigenvalue weighted by molar-refractivity contribution is 7.99. The van der Waals surface area contributed by atoms with Crippen LogP contribution >= 0.6 is 11.8 Å². The van der Waals surface area contributed by atoms with Crippen molar-refractivity contribution >= 4 is 11.8 Å². The van der Waals surface area contributed by atoms with Gasteiger partial charge in [-0.05, 0) is 26.4 Å². The van der Waals surface area contributed by atoms with Gasteiger partial charge in [-0.1, -0.05) is 0 Å². The number of hydrogen-bond donors (Lipinski definition) is 1. The Morgan fingerprint density at radius 1 is 1.62 bits per heavy atom. The third kappa shape index (κ3) is 1.58. The zero-order chi connectivity index (χ0) is 9.90. The van der Waals surface area contributed by atoms with Crippen molar-refractivity contribution in [1.82, 2.24) is 9.88 Å². The fourth-order valence-corrected chi connectivity index (χ4v) is 2.12. The van der Waals surface area contributed by atoms with Crippen LogP contribution in [0.25, 0.3) is 0 Å². The average Bonchev–Trinajstić information content (AvgIpc) is 2.60. The van der Waals surface area contributed by atoms with Gasteiger partial charge in [0.25, 0.3) is 0 Å². The number of aromatic amines is 1. The van der Waals surface area contributed by atoms with E-state index in [1.807, 2.05) is 43.7 Å². The summed E-state index contributed by atoms with van der Waals surface area (Å²) in [5.74, 6) is 0. The highest BCUT2D eigenvalue weighted by atomic mass is 32.2. The lowest BCUT2D eigenvalue weighted by Gasteiger charge is -2.30. The first-order valence-corrected chi connectivity index (χ1v) is 5.17. The molecule has 0 fully saturated rings. The molecule has 3 nitrogen and oxygen atoms in total. The van der Waals surface area contributed by atoms with Gasteiger partial charge >= 0.3 is 0 Å². The normalized spacial score (nSPS) is 15.3. The van der Waals surface area contributed by atoms with Crippen molar-refractivity contribution in [1.29, 1.82) is 5.26 Å². The number of thioether (sulfide) groups is 1. The van der Waals surface area contributed by atoms with Crippen LogP contribution in [0.5, 0.6) is 0 Å². The fraction of sp³-hybridized carbons (Fsp3) is 0.444. The number of H-pyrrole nitrogens is 1. The Morgan fingerprint density at radius 2 is 2.31 bits per heavy atom. The summed E-state index contributed by atoms with van der Waals surface area (Å²) in [6, 6.07) is 4.27. The first kappa shape index (κ1) is 10.2. The second-order valence-electron chi connectivity index (χ2n) is 2.95. The van der Waals surface area contributed by atoms with Crippen molar-refractivity contribution in [2.75, 3.05) is 20.4 Å². The van der Waals surface area contributed by atoms with E-state index in [9.17, 15) is 5.26 Å². The Hall–Kier alpha value is -0.920. The molecular weight excluding hydrogens is 182 g/mol. The van der Waals surface area contributed by atoms with Gasteiger partial charge in [0.05, 0.1) is 0 Å². The van der Waals surface area contributed by atoms with E-state index in [4.69, 9.17) is 0 Å². The molecule has 0 saturated heterocycles. The molecule has 1 rings (SSSR count). The Balaban J connectivity index is 3.13. The minimum absolute atomic E-state index is 0.569. The molecule has 0 bridgehead atoms. The van der Waals surface area contributed by atoms with Crippen LogP contribution in [0.2, 0.25) is 0 Å². The summed E-state index contributed by atoms with van der Waals surface area (Å²) in [6.07, 6.45) is 5.64. The molecule has 0 amide bonds. The van der Waals surface area contributed by atoms with E-state index in [0.717, 1.165) is 5.56 Å². The van der Waals surface area contributed by atoms with Crippen LogP contribution in [0.4, 0.5) is 0 Å². The highest BCUT2D eigenvalue weighted by Gasteiger charge is 2.34. The van der Waals surface area contributed by atoms with E-state index in [1.165, 1.54) is 11.8 Å². The summed E-state index contributed by atoms with van der Waals surface area (Å²) in [7, 11) is 3.82. The van der Waals surface area contributed by atoms with Crippen molar-refractivity contribution in [3.05, 3.63) is 24.0 Å². The number of hydrogen-bond acceptors (Lipinski definition) is 3. The van der Waals surface area contributed by atoms with E-state index in [2.05, 4.69) is 11.1 Å². The van der Waals surface area contributed by atoms with Crippen molar-refractivity contribution in [3.8, 4) is 6.07 Å². The molecule has 0 aliphatic carbocycles. The first-order valence-electron chi connectivity index (χ1n) is 3.94. The van der Waals surface area contributed by atoms with E-state index in [0.29, 0.717) is 0 Å². The summed E-state index contributed by atoms with van der Waals surface area (Å²) in [5, 5.41) is 9.19. The van der Waals surface area contributed by atoms with Crippen LogP contribution in [0.15, 0.2) is 18.5 Å². The Labute approximate surface area is 82.7 Å². The molecule has 0 aliphatic rings. The Bertz CT molecular complexity index is 299. The van der Waals surface area contributed by atoms with E-state index >= 15 is 0 Å². The summed E-state index contributed by atoms with van der Waals surface area (Å²) < 4.78 is 0. The maximum atomic E-state index is 9.19. The Kier molecular flexibility index (Phi) is 3.02. The van der Waals surface area contributed by atoms with E-state index in [1.54, 1.807) is 0 Å². The van der Waals surface area contributed by atoms with Gasteiger partial charge < -0.3 is 4.98 Å². The molecule has 0 aliphatic heterocycles. The molecular formula is C9H13N3S. The van der Waals surface area contributed by atoms with Gasteiger partial charge in [0.2, 0.25) is 0 Å². The molecule has 1 N–H and O–H groups in total. The first-order chi connectivity index (χ1) is 6.17. The van der Waals surface area contributed by atoms with Crippen molar-refractivity contribution < 1.29 is 0 Å². The van der Waals surface area contributed by atoms with Crippen LogP contribution in [0.3, 0.4) is 0 Å². The molecule has 13 heavy (non-hydrogen) atoms. The second kappa shape index (κ2) is 3.86. The summed E-state index contributed by atoms with van der Waals surface area (Å²) in [4.78, 5) is 4.32. The molecule has 0 aromatic carbocycles. The molecule has 4 heteroatoms. The molecule has 70 valence electrons. The summed E-state index contributed by atoms with van der Waals surface area (Å²) >= 11 is 1.53. The van der Waals surface area contributed by atoms with Crippen molar-refractivity contribution in [3.63, 3.8) is 0 Å². The SMILES string of the molecule is CSC(C#N)(c1cc[nH]c1)N(C)C. The average molecular weight is 195 g/mol. The number of nitrogens with zero attached hydrogens (tertiary/aromatic N) is 2. The topological polar surface area (TPSA) is 42.8 Å². The molecule has 1 atom stereocenters. The molecule has 1 aromatic heterocycles. The quantitative estimate of drug-likeness (QED) is 0.745. The fourth-order valence-electron chi connectivity index (χ4n) is 1.30. The lowest BCUT2D eigenvalue weighted by atomic mass is 10.1. The molecule has 1 unspecified atom stereocenters. The van der Waals surface area contributed by atoms with Crippen LogP contribution in [-0.4, -0.2) is 30.2 Å². The third-order valence-corrected chi connectivity index (χ3v) is 3.35. The lowest BCUT2D eigenvalue weighted by molar-refractivity contribution is 0.323. The van der Waals surface area contributed by atoms with E-state index in [-0.39, 0.29) is 0 Å². The van der Waals surface area contributed by atoms with Gasteiger partial charge in [-0.15, -0.1) is 11.8 Å². The van der Waals surface area contributed by atoms with Crippen LogP contribution in [0.1, 0.15) is 5.56 Å². The highest BCUT2D eigenvalue weighted by Crippen LogP contribution is 2.35. The molecule has 0 radical (unpaired) electrons. The van der Waals surface area contributed by atoms with Gasteiger partial charge in [-0.3, -0.25) is 4.90 Å². The van der Waals surface area contributed by atoms with Crippen LogP contribution < -0.4 is 0 Å². The predicted molar refractivity (Wildman–Crippen MR) is 55.3 cm³/mol. The zero-order valence-corrected chi connectivity index (χ0v) is 8.85. The van der Waals surface area contributed by atoms with Gasteiger partial charge in [0.15, 0.2) is 4.87 Å². The van der Waals surface area contributed by atoms with Crippen LogP contribution in [-0.2, 0) is 4.87 Å². The minimum atomic E-state index is -0.569. The molecule has 1 aromatic rings. The smallest absolute Gasteiger partial charge is 0.182 e. The molecule has 1 heterocycles. The number of nitrogens with one attached hydrogen (secondary N) is 1. The third-order valence-electron chi connectivity index (χ3n) is 2.07. The second-order valence-corrected chi connectivity index (χ2v) is 3.95.